The Morgan fingerprint density at radius 1 is 1.24 bits per heavy atom. The first-order chi connectivity index (χ1) is 10.0. The maximum atomic E-state index is 11.6. The average molecular weight is 295 g/mol. The van der Waals surface area contributed by atoms with Gasteiger partial charge in [0.15, 0.2) is 0 Å². The molecule has 1 atom stereocenters. The van der Waals surface area contributed by atoms with E-state index in [-0.39, 0.29) is 30.7 Å². The van der Waals surface area contributed by atoms with Gasteiger partial charge in [0, 0.05) is 19.5 Å². The molecule has 1 unspecified atom stereocenters. The van der Waals surface area contributed by atoms with Gasteiger partial charge in [0.1, 0.15) is 12.3 Å². The maximum Gasteiger partial charge on any atom is 0.254 e. The zero-order valence-electron chi connectivity index (χ0n) is 12.3. The lowest BCUT2D eigenvalue weighted by Crippen LogP contribution is -2.45. The highest BCUT2D eigenvalue weighted by atomic mass is 16.3. The molecular weight excluding hydrogens is 274 g/mol. The molecule has 1 aromatic rings. The van der Waals surface area contributed by atoms with Crippen molar-refractivity contribution in [2.75, 3.05) is 13.1 Å². The highest BCUT2D eigenvalue weighted by Crippen LogP contribution is 1.98. The van der Waals surface area contributed by atoms with E-state index < -0.39 is 6.04 Å². The second-order valence-electron chi connectivity index (χ2n) is 4.60. The molecule has 0 aliphatic carbocycles. The fourth-order valence-electron chi connectivity index (χ4n) is 1.57. The first-order valence-corrected chi connectivity index (χ1v) is 6.92. The molecule has 3 N–H and O–H groups in total. The molecule has 0 saturated carbocycles. The SMILES string of the molecule is CCCNC(=O)C(C)NC(=O)CCNC(=O)c1ccoc1. The molecule has 3 amide bonds. The van der Waals surface area contributed by atoms with Gasteiger partial charge in [-0.1, -0.05) is 6.92 Å². The molecule has 0 aliphatic heterocycles. The average Bonchev–Trinajstić information content (AvgIpc) is 2.98. The van der Waals surface area contributed by atoms with Crippen LogP contribution in [-0.4, -0.2) is 36.9 Å². The van der Waals surface area contributed by atoms with Crippen molar-refractivity contribution < 1.29 is 18.8 Å². The van der Waals surface area contributed by atoms with E-state index in [1.807, 2.05) is 6.92 Å². The Morgan fingerprint density at radius 2 is 2.00 bits per heavy atom. The number of hydrogen-bond donors (Lipinski definition) is 3. The third-order valence-corrected chi connectivity index (χ3v) is 2.74. The standard InChI is InChI=1S/C14H21N3O4/c1-3-6-15-13(19)10(2)17-12(18)4-7-16-14(20)11-5-8-21-9-11/h5,8-10H,3-4,6-7H2,1-2H3,(H,15,19)(H,16,20)(H,17,18). The van der Waals surface area contributed by atoms with E-state index in [1.54, 1.807) is 6.92 Å². The van der Waals surface area contributed by atoms with Gasteiger partial charge in [-0.05, 0) is 19.4 Å². The second-order valence-corrected chi connectivity index (χ2v) is 4.60. The van der Waals surface area contributed by atoms with E-state index in [9.17, 15) is 14.4 Å². The van der Waals surface area contributed by atoms with Gasteiger partial charge in [-0.25, -0.2) is 0 Å². The van der Waals surface area contributed by atoms with Gasteiger partial charge in [0.2, 0.25) is 11.8 Å². The van der Waals surface area contributed by atoms with Crippen molar-refractivity contribution in [3.8, 4) is 0 Å². The highest BCUT2D eigenvalue weighted by Gasteiger charge is 2.15. The first-order valence-electron chi connectivity index (χ1n) is 6.92. The Kier molecular flexibility index (Phi) is 7.00. The van der Waals surface area contributed by atoms with Gasteiger partial charge < -0.3 is 20.4 Å². The maximum absolute atomic E-state index is 11.6. The molecule has 1 aromatic heterocycles. The van der Waals surface area contributed by atoms with Crippen molar-refractivity contribution >= 4 is 17.7 Å². The highest BCUT2D eigenvalue weighted by molar-refractivity contribution is 5.94. The normalized spacial score (nSPS) is 11.5. The molecule has 7 heteroatoms. The van der Waals surface area contributed by atoms with Crippen LogP contribution in [0.15, 0.2) is 23.0 Å². The number of furan rings is 1. The van der Waals surface area contributed by atoms with Crippen molar-refractivity contribution in [2.24, 2.45) is 0 Å². The summed E-state index contributed by atoms with van der Waals surface area (Å²) in [4.78, 5) is 34.8. The molecule has 0 spiro atoms. The number of carbonyl (C=O) groups excluding carboxylic acids is 3. The van der Waals surface area contributed by atoms with Crippen LogP contribution in [0.4, 0.5) is 0 Å². The summed E-state index contributed by atoms with van der Waals surface area (Å²) in [7, 11) is 0. The summed E-state index contributed by atoms with van der Waals surface area (Å²) in [5, 5.41) is 7.87. The Bertz CT molecular complexity index is 471. The molecule has 0 aromatic carbocycles. The van der Waals surface area contributed by atoms with Crippen molar-refractivity contribution in [1.82, 2.24) is 16.0 Å². The molecule has 0 fully saturated rings. The quantitative estimate of drug-likeness (QED) is 0.647. The minimum atomic E-state index is -0.589. The number of carbonyl (C=O) groups is 3. The lowest BCUT2D eigenvalue weighted by Gasteiger charge is -2.13. The fourth-order valence-corrected chi connectivity index (χ4v) is 1.57. The van der Waals surface area contributed by atoms with Crippen molar-refractivity contribution in [2.45, 2.75) is 32.7 Å². The summed E-state index contributed by atoms with van der Waals surface area (Å²) in [5.74, 6) is -0.806. The van der Waals surface area contributed by atoms with Crippen LogP contribution in [0.2, 0.25) is 0 Å². The summed E-state index contributed by atoms with van der Waals surface area (Å²) in [5.41, 5.74) is 0.405. The molecule has 21 heavy (non-hydrogen) atoms. The van der Waals surface area contributed by atoms with E-state index in [1.165, 1.54) is 18.6 Å². The van der Waals surface area contributed by atoms with E-state index in [0.29, 0.717) is 12.1 Å². The van der Waals surface area contributed by atoms with Crippen LogP contribution in [0.5, 0.6) is 0 Å². The summed E-state index contributed by atoms with van der Waals surface area (Å²) in [6.45, 7) is 4.35. The third kappa shape index (κ3) is 6.11. The molecule has 7 nitrogen and oxygen atoms in total. The predicted molar refractivity (Wildman–Crippen MR) is 76.6 cm³/mol. The zero-order valence-corrected chi connectivity index (χ0v) is 12.3. The van der Waals surface area contributed by atoms with Crippen LogP contribution in [0, 0.1) is 0 Å². The topological polar surface area (TPSA) is 100 Å². The van der Waals surface area contributed by atoms with Gasteiger partial charge in [-0.3, -0.25) is 14.4 Å². The van der Waals surface area contributed by atoms with E-state index >= 15 is 0 Å². The zero-order chi connectivity index (χ0) is 15.7. The summed E-state index contributed by atoms with van der Waals surface area (Å²) in [6.07, 6.45) is 3.68. The van der Waals surface area contributed by atoms with Gasteiger partial charge in [0.05, 0.1) is 11.8 Å². The van der Waals surface area contributed by atoms with Crippen LogP contribution < -0.4 is 16.0 Å². The summed E-state index contributed by atoms with van der Waals surface area (Å²) >= 11 is 0. The lowest BCUT2D eigenvalue weighted by atomic mass is 10.2. The Balaban J connectivity index is 2.21. The Morgan fingerprint density at radius 3 is 2.62 bits per heavy atom. The molecular formula is C14H21N3O4. The van der Waals surface area contributed by atoms with E-state index in [2.05, 4.69) is 16.0 Å². The third-order valence-electron chi connectivity index (χ3n) is 2.74. The van der Waals surface area contributed by atoms with Crippen LogP contribution in [-0.2, 0) is 9.59 Å². The van der Waals surface area contributed by atoms with E-state index in [0.717, 1.165) is 6.42 Å². The Hall–Kier alpha value is -2.31. The minimum Gasteiger partial charge on any atom is -0.472 e. The number of hydrogen-bond acceptors (Lipinski definition) is 4. The molecule has 116 valence electrons. The summed E-state index contributed by atoms with van der Waals surface area (Å²) < 4.78 is 4.79. The van der Waals surface area contributed by atoms with Crippen molar-refractivity contribution in [3.63, 3.8) is 0 Å². The summed E-state index contributed by atoms with van der Waals surface area (Å²) in [6, 6.07) is 0.948. The molecule has 1 heterocycles. The van der Waals surface area contributed by atoms with Gasteiger partial charge in [-0.15, -0.1) is 0 Å². The number of nitrogens with one attached hydrogen (secondary N) is 3. The molecule has 0 bridgehead atoms. The van der Waals surface area contributed by atoms with Gasteiger partial charge in [0.25, 0.3) is 5.91 Å². The first kappa shape index (κ1) is 16.7. The number of amides is 3. The fraction of sp³-hybridized carbons (Fsp3) is 0.500. The second kappa shape index (κ2) is 8.78. The van der Waals surface area contributed by atoms with Crippen molar-refractivity contribution in [3.05, 3.63) is 24.2 Å². The smallest absolute Gasteiger partial charge is 0.254 e. The number of rotatable bonds is 8. The van der Waals surface area contributed by atoms with Crippen molar-refractivity contribution in [1.29, 1.82) is 0 Å². The monoisotopic (exact) mass is 295 g/mol. The predicted octanol–water partition coefficient (Wildman–Crippen LogP) is 0.430. The van der Waals surface area contributed by atoms with Crippen LogP contribution in [0.25, 0.3) is 0 Å². The van der Waals surface area contributed by atoms with Gasteiger partial charge in [-0.2, -0.15) is 0 Å². The van der Waals surface area contributed by atoms with Crippen LogP contribution in [0.3, 0.4) is 0 Å². The van der Waals surface area contributed by atoms with Gasteiger partial charge >= 0.3 is 0 Å². The molecule has 0 radical (unpaired) electrons. The van der Waals surface area contributed by atoms with Crippen LogP contribution >= 0.6 is 0 Å². The van der Waals surface area contributed by atoms with Crippen LogP contribution in [0.1, 0.15) is 37.0 Å². The Labute approximate surface area is 123 Å². The molecule has 0 aliphatic rings. The largest absolute Gasteiger partial charge is 0.472 e. The molecule has 1 rings (SSSR count). The van der Waals surface area contributed by atoms with E-state index in [4.69, 9.17) is 4.42 Å². The molecule has 0 saturated heterocycles. The minimum absolute atomic E-state index is 0.106. The lowest BCUT2D eigenvalue weighted by molar-refractivity contribution is -0.128.